The minimum atomic E-state index is -0.926. The summed E-state index contributed by atoms with van der Waals surface area (Å²) >= 11 is 0. The van der Waals surface area contributed by atoms with E-state index in [4.69, 9.17) is 4.74 Å². The van der Waals surface area contributed by atoms with Crippen molar-refractivity contribution in [1.82, 2.24) is 0 Å². The molecule has 0 radical (unpaired) electrons. The van der Waals surface area contributed by atoms with Crippen molar-refractivity contribution in [3.63, 3.8) is 0 Å². The summed E-state index contributed by atoms with van der Waals surface area (Å²) in [6.07, 6.45) is 5.87. The van der Waals surface area contributed by atoms with Crippen LogP contribution in [0.15, 0.2) is 30.4 Å². The lowest BCUT2D eigenvalue weighted by molar-refractivity contribution is -0.146. The fraction of sp³-hybridized carbons (Fsp3) is 0.450. The average molecular weight is 370 g/mol. The van der Waals surface area contributed by atoms with Gasteiger partial charge in [0.05, 0.1) is 24.6 Å². The Bertz CT molecular complexity index is 834. The van der Waals surface area contributed by atoms with E-state index in [1.54, 1.807) is 23.1 Å². The molecule has 1 aliphatic heterocycles. The molecule has 7 heteroatoms. The van der Waals surface area contributed by atoms with Crippen LogP contribution < -0.4 is 15.0 Å². The summed E-state index contributed by atoms with van der Waals surface area (Å²) in [6, 6.07) is 5.14. The van der Waals surface area contributed by atoms with Gasteiger partial charge in [0, 0.05) is 18.7 Å². The summed E-state index contributed by atoms with van der Waals surface area (Å²) in [5, 5.41) is 12.4. The number of fused-ring (bicyclic) bond motifs is 2. The molecule has 4 rings (SSSR count). The largest absolute Gasteiger partial charge is 0.495 e. The van der Waals surface area contributed by atoms with Crippen molar-refractivity contribution in [2.75, 3.05) is 23.9 Å². The van der Waals surface area contributed by atoms with Crippen LogP contribution >= 0.6 is 0 Å². The van der Waals surface area contributed by atoms with E-state index in [9.17, 15) is 19.5 Å². The van der Waals surface area contributed by atoms with Crippen molar-refractivity contribution in [2.45, 2.75) is 19.3 Å². The molecule has 2 N–H and O–H groups in total. The van der Waals surface area contributed by atoms with Crippen molar-refractivity contribution in [3.8, 4) is 5.75 Å². The molecule has 27 heavy (non-hydrogen) atoms. The van der Waals surface area contributed by atoms with E-state index in [-0.39, 0.29) is 23.7 Å². The number of methoxy groups -OCH3 is 1. The normalized spacial score (nSPS) is 28.6. The summed E-state index contributed by atoms with van der Waals surface area (Å²) in [4.78, 5) is 38.2. The van der Waals surface area contributed by atoms with Gasteiger partial charge in [-0.1, -0.05) is 12.2 Å². The van der Waals surface area contributed by atoms with Gasteiger partial charge in [-0.3, -0.25) is 14.4 Å². The first-order valence-electron chi connectivity index (χ1n) is 9.20. The maximum Gasteiger partial charge on any atom is 0.307 e. The Morgan fingerprint density at radius 3 is 2.59 bits per heavy atom. The molecule has 2 aliphatic carbocycles. The number of ether oxygens (including phenoxy) is 1. The number of aliphatic carboxylic acids is 1. The summed E-state index contributed by atoms with van der Waals surface area (Å²) in [7, 11) is 1.54. The van der Waals surface area contributed by atoms with E-state index < -0.39 is 17.8 Å². The lowest BCUT2D eigenvalue weighted by Gasteiger charge is -2.24. The van der Waals surface area contributed by atoms with Gasteiger partial charge in [-0.2, -0.15) is 0 Å². The van der Waals surface area contributed by atoms with Gasteiger partial charge in [-0.05, 0) is 42.9 Å². The number of anilines is 2. The topological polar surface area (TPSA) is 95.9 Å². The Morgan fingerprint density at radius 2 is 1.96 bits per heavy atom. The second kappa shape index (κ2) is 6.72. The van der Waals surface area contributed by atoms with Gasteiger partial charge in [0.1, 0.15) is 5.75 Å². The minimum Gasteiger partial charge on any atom is -0.495 e. The zero-order valence-electron chi connectivity index (χ0n) is 15.1. The highest BCUT2D eigenvalue weighted by Crippen LogP contribution is 2.48. The Labute approximate surface area is 157 Å². The number of hydrogen-bond acceptors (Lipinski definition) is 4. The Balaban J connectivity index is 1.57. The number of amides is 2. The summed E-state index contributed by atoms with van der Waals surface area (Å²) in [5.74, 6) is -1.98. The first kappa shape index (κ1) is 17.6. The van der Waals surface area contributed by atoms with Gasteiger partial charge >= 0.3 is 5.97 Å². The van der Waals surface area contributed by atoms with E-state index >= 15 is 0 Å². The molecule has 2 fully saturated rings. The third-order valence-electron chi connectivity index (χ3n) is 5.86. The number of nitrogens with one attached hydrogen (secondary N) is 1. The highest BCUT2D eigenvalue weighted by molar-refractivity contribution is 6.00. The lowest BCUT2D eigenvalue weighted by Crippen LogP contribution is -2.36. The van der Waals surface area contributed by atoms with Crippen LogP contribution in [0.25, 0.3) is 0 Å². The highest BCUT2D eigenvalue weighted by Gasteiger charge is 2.51. The van der Waals surface area contributed by atoms with E-state index in [0.29, 0.717) is 36.5 Å². The SMILES string of the molecule is COc1ccc(NC(=O)[C@H]2[C@@H](C(=O)O)[C@H]3C=C[C@H]2C3)cc1N1CCCC1=O. The number of nitrogens with zero attached hydrogens (tertiary/aromatic N) is 1. The Hall–Kier alpha value is -2.83. The molecule has 1 aromatic carbocycles. The molecule has 1 aromatic rings. The fourth-order valence-corrected chi connectivity index (χ4v) is 4.62. The van der Waals surface area contributed by atoms with Gasteiger partial charge in [-0.25, -0.2) is 0 Å². The van der Waals surface area contributed by atoms with Crippen LogP contribution in [-0.2, 0) is 14.4 Å². The van der Waals surface area contributed by atoms with Crippen molar-refractivity contribution in [1.29, 1.82) is 0 Å². The molecule has 0 unspecified atom stereocenters. The van der Waals surface area contributed by atoms with Gasteiger partial charge in [0.2, 0.25) is 11.8 Å². The molecule has 1 saturated carbocycles. The first-order chi connectivity index (χ1) is 13.0. The first-order valence-corrected chi connectivity index (χ1v) is 9.20. The van der Waals surface area contributed by atoms with E-state index in [2.05, 4.69) is 5.32 Å². The summed E-state index contributed by atoms with van der Waals surface area (Å²) in [5.41, 5.74) is 1.16. The third kappa shape index (κ3) is 2.97. The van der Waals surface area contributed by atoms with Crippen molar-refractivity contribution >= 4 is 29.2 Å². The smallest absolute Gasteiger partial charge is 0.307 e. The Kier molecular flexibility index (Phi) is 4.37. The van der Waals surface area contributed by atoms with Gasteiger partial charge in [-0.15, -0.1) is 0 Å². The zero-order valence-corrected chi connectivity index (χ0v) is 15.1. The molecule has 2 bridgehead atoms. The average Bonchev–Trinajstić information content (AvgIpc) is 3.36. The number of carboxylic acid groups (broad SMARTS) is 1. The van der Waals surface area contributed by atoms with Crippen LogP contribution in [0, 0.1) is 23.7 Å². The molecule has 2 amide bonds. The number of allylic oxidation sites excluding steroid dienone is 2. The summed E-state index contributed by atoms with van der Waals surface area (Å²) in [6.45, 7) is 0.616. The van der Waals surface area contributed by atoms with Crippen LogP contribution in [0.3, 0.4) is 0 Å². The number of rotatable bonds is 5. The van der Waals surface area contributed by atoms with Crippen LogP contribution in [-0.4, -0.2) is 36.5 Å². The molecule has 1 heterocycles. The van der Waals surface area contributed by atoms with Gasteiger partial charge in [0.25, 0.3) is 0 Å². The number of benzene rings is 1. The van der Waals surface area contributed by atoms with Gasteiger partial charge in [0.15, 0.2) is 0 Å². The fourth-order valence-electron chi connectivity index (χ4n) is 4.62. The third-order valence-corrected chi connectivity index (χ3v) is 5.86. The highest BCUT2D eigenvalue weighted by atomic mass is 16.5. The molecule has 4 atom stereocenters. The summed E-state index contributed by atoms with van der Waals surface area (Å²) < 4.78 is 5.36. The van der Waals surface area contributed by atoms with E-state index in [0.717, 1.165) is 6.42 Å². The molecular weight excluding hydrogens is 348 g/mol. The standard InChI is InChI=1S/C20H22N2O5/c1-27-15-7-6-13(10-14(15)22-8-2-3-16(22)23)21-19(24)17-11-4-5-12(9-11)18(17)20(25)26/h4-7,10-12,17-18H,2-3,8-9H2,1H3,(H,21,24)(H,25,26)/t11-,12-,17+,18-/m0/s1. The Morgan fingerprint density at radius 1 is 1.22 bits per heavy atom. The van der Waals surface area contributed by atoms with Crippen LogP contribution in [0.4, 0.5) is 11.4 Å². The van der Waals surface area contributed by atoms with Gasteiger partial charge < -0.3 is 20.1 Å². The monoisotopic (exact) mass is 370 g/mol. The second-order valence-electron chi connectivity index (χ2n) is 7.36. The molecule has 142 valence electrons. The quantitative estimate of drug-likeness (QED) is 0.775. The number of carbonyl (C=O) groups excluding carboxylic acids is 2. The van der Waals surface area contributed by atoms with Crippen molar-refractivity contribution < 1.29 is 24.2 Å². The molecule has 1 saturated heterocycles. The van der Waals surface area contributed by atoms with Crippen LogP contribution in [0.2, 0.25) is 0 Å². The molecule has 0 spiro atoms. The predicted octanol–water partition coefficient (Wildman–Crippen LogP) is 2.28. The van der Waals surface area contributed by atoms with Crippen LogP contribution in [0.1, 0.15) is 19.3 Å². The molecule has 0 aromatic heterocycles. The minimum absolute atomic E-state index is 0.0287. The molecular formula is C20H22N2O5. The molecule has 7 nitrogen and oxygen atoms in total. The number of carbonyl (C=O) groups is 3. The van der Waals surface area contributed by atoms with E-state index in [1.807, 2.05) is 12.2 Å². The van der Waals surface area contributed by atoms with E-state index in [1.165, 1.54) is 7.11 Å². The molecule has 3 aliphatic rings. The number of hydrogen-bond donors (Lipinski definition) is 2. The predicted molar refractivity (Wildman–Crippen MR) is 98.6 cm³/mol. The maximum atomic E-state index is 12.9. The van der Waals surface area contributed by atoms with Crippen molar-refractivity contribution in [3.05, 3.63) is 30.4 Å². The number of carboxylic acids is 1. The lowest BCUT2D eigenvalue weighted by atomic mass is 9.82. The van der Waals surface area contributed by atoms with Crippen LogP contribution in [0.5, 0.6) is 5.75 Å². The van der Waals surface area contributed by atoms with Crippen molar-refractivity contribution in [2.24, 2.45) is 23.7 Å². The zero-order chi connectivity index (χ0) is 19.1. The maximum absolute atomic E-state index is 12.9. The second-order valence-corrected chi connectivity index (χ2v) is 7.36.